The standard InChI is InChI=1S/C8H13BrO2/c1-3-7(6-9)5-8(10)11-4-2/h5H,3-4,6H2,1-2H3/b7-5+. The van der Waals surface area contributed by atoms with E-state index in [4.69, 9.17) is 4.74 Å². The Labute approximate surface area is 75.7 Å². The molecular formula is C8H13BrO2. The first kappa shape index (κ1) is 10.7. The molecule has 0 aliphatic heterocycles. The normalized spacial score (nSPS) is 11.4. The second kappa shape index (κ2) is 6.40. The van der Waals surface area contributed by atoms with Crippen LogP contribution in [-0.2, 0) is 9.53 Å². The Morgan fingerprint density at radius 3 is 2.55 bits per heavy atom. The van der Waals surface area contributed by atoms with Crippen LogP contribution in [0.15, 0.2) is 11.6 Å². The molecule has 3 heteroatoms. The second-order valence-electron chi connectivity index (χ2n) is 2.04. The quantitative estimate of drug-likeness (QED) is 0.413. The van der Waals surface area contributed by atoms with E-state index in [0.29, 0.717) is 6.61 Å². The van der Waals surface area contributed by atoms with Crippen molar-refractivity contribution in [3.05, 3.63) is 11.6 Å². The van der Waals surface area contributed by atoms with Crippen LogP contribution in [0, 0.1) is 0 Å². The number of halogens is 1. The lowest BCUT2D eigenvalue weighted by molar-refractivity contribution is -0.137. The smallest absolute Gasteiger partial charge is 0.330 e. The molecule has 0 radical (unpaired) electrons. The lowest BCUT2D eigenvalue weighted by Gasteiger charge is -1.98. The van der Waals surface area contributed by atoms with Gasteiger partial charge in [0.2, 0.25) is 0 Å². The van der Waals surface area contributed by atoms with E-state index in [0.717, 1.165) is 17.3 Å². The monoisotopic (exact) mass is 220 g/mol. The Hall–Kier alpha value is -0.310. The molecule has 0 aliphatic carbocycles. The molecule has 64 valence electrons. The fraction of sp³-hybridized carbons (Fsp3) is 0.625. The van der Waals surface area contributed by atoms with E-state index in [2.05, 4.69) is 15.9 Å². The number of hydrogen-bond donors (Lipinski definition) is 0. The van der Waals surface area contributed by atoms with Crippen molar-refractivity contribution in [2.24, 2.45) is 0 Å². The highest BCUT2D eigenvalue weighted by Crippen LogP contribution is 2.04. The zero-order chi connectivity index (χ0) is 8.69. The van der Waals surface area contributed by atoms with Crippen LogP contribution in [0.5, 0.6) is 0 Å². The van der Waals surface area contributed by atoms with Gasteiger partial charge in [0.25, 0.3) is 0 Å². The van der Waals surface area contributed by atoms with Gasteiger partial charge in [-0.15, -0.1) is 0 Å². The molecule has 0 N–H and O–H groups in total. The van der Waals surface area contributed by atoms with Gasteiger partial charge in [-0.3, -0.25) is 0 Å². The lowest BCUT2D eigenvalue weighted by atomic mass is 10.2. The van der Waals surface area contributed by atoms with Gasteiger partial charge in [-0.1, -0.05) is 28.4 Å². The number of carbonyl (C=O) groups excluding carboxylic acids is 1. The molecule has 11 heavy (non-hydrogen) atoms. The van der Waals surface area contributed by atoms with E-state index in [-0.39, 0.29) is 5.97 Å². The van der Waals surface area contributed by atoms with E-state index < -0.39 is 0 Å². The van der Waals surface area contributed by atoms with Crippen LogP contribution < -0.4 is 0 Å². The molecule has 0 fully saturated rings. The minimum Gasteiger partial charge on any atom is -0.463 e. The topological polar surface area (TPSA) is 26.3 Å². The first-order valence-electron chi connectivity index (χ1n) is 3.66. The summed E-state index contributed by atoms with van der Waals surface area (Å²) < 4.78 is 4.74. The molecular weight excluding hydrogens is 208 g/mol. The molecule has 0 unspecified atom stereocenters. The number of ether oxygens (including phenoxy) is 1. The molecule has 0 rings (SSSR count). The van der Waals surface area contributed by atoms with Crippen molar-refractivity contribution in [1.29, 1.82) is 0 Å². The van der Waals surface area contributed by atoms with Gasteiger partial charge in [0.15, 0.2) is 0 Å². The second-order valence-corrected chi connectivity index (χ2v) is 2.60. The Bertz CT molecular complexity index is 146. The Kier molecular flexibility index (Phi) is 6.22. The van der Waals surface area contributed by atoms with E-state index in [1.165, 1.54) is 6.08 Å². The molecule has 0 atom stereocenters. The lowest BCUT2D eigenvalue weighted by Crippen LogP contribution is -2.01. The highest BCUT2D eigenvalue weighted by atomic mass is 79.9. The summed E-state index contributed by atoms with van der Waals surface area (Å²) in [5.74, 6) is -0.246. The number of esters is 1. The van der Waals surface area contributed by atoms with Crippen molar-refractivity contribution in [1.82, 2.24) is 0 Å². The number of allylic oxidation sites excluding steroid dienone is 1. The third kappa shape index (κ3) is 5.01. The molecule has 0 aromatic heterocycles. The van der Waals surface area contributed by atoms with Crippen molar-refractivity contribution < 1.29 is 9.53 Å². The van der Waals surface area contributed by atoms with Gasteiger partial charge in [-0.2, -0.15) is 0 Å². The van der Waals surface area contributed by atoms with E-state index in [9.17, 15) is 4.79 Å². The van der Waals surface area contributed by atoms with Gasteiger partial charge >= 0.3 is 5.97 Å². The SMILES string of the molecule is CCOC(=O)/C=C(\CC)CBr. The molecule has 0 aromatic rings. The summed E-state index contributed by atoms with van der Waals surface area (Å²) in [6, 6.07) is 0. The van der Waals surface area contributed by atoms with Crippen LogP contribution >= 0.6 is 15.9 Å². The average Bonchev–Trinajstić information content (AvgIpc) is 2.01. The van der Waals surface area contributed by atoms with E-state index in [1.807, 2.05) is 6.92 Å². The Balaban J connectivity index is 3.93. The predicted molar refractivity (Wildman–Crippen MR) is 48.8 cm³/mol. The van der Waals surface area contributed by atoms with Gasteiger partial charge < -0.3 is 4.74 Å². The van der Waals surface area contributed by atoms with Crippen molar-refractivity contribution in [3.8, 4) is 0 Å². The Morgan fingerprint density at radius 2 is 2.18 bits per heavy atom. The van der Waals surface area contributed by atoms with Crippen LogP contribution in [0.25, 0.3) is 0 Å². The molecule has 0 amide bonds. The molecule has 0 aliphatic rings. The number of rotatable bonds is 4. The summed E-state index contributed by atoms with van der Waals surface area (Å²) in [7, 11) is 0. The zero-order valence-corrected chi connectivity index (χ0v) is 8.48. The molecule has 0 saturated heterocycles. The molecule has 0 bridgehead atoms. The van der Waals surface area contributed by atoms with Crippen molar-refractivity contribution in [3.63, 3.8) is 0 Å². The molecule has 0 spiro atoms. The third-order valence-electron chi connectivity index (χ3n) is 1.23. The van der Waals surface area contributed by atoms with Gasteiger partial charge in [0.1, 0.15) is 0 Å². The van der Waals surface area contributed by atoms with Crippen LogP contribution in [0.1, 0.15) is 20.3 Å². The highest BCUT2D eigenvalue weighted by molar-refractivity contribution is 9.09. The maximum absolute atomic E-state index is 10.9. The van der Waals surface area contributed by atoms with Gasteiger partial charge in [0, 0.05) is 11.4 Å². The highest BCUT2D eigenvalue weighted by Gasteiger charge is 1.98. The summed E-state index contributed by atoms with van der Waals surface area (Å²) >= 11 is 3.28. The number of alkyl halides is 1. The van der Waals surface area contributed by atoms with Crippen molar-refractivity contribution in [2.45, 2.75) is 20.3 Å². The maximum Gasteiger partial charge on any atom is 0.330 e. The summed E-state index contributed by atoms with van der Waals surface area (Å²) in [6.45, 7) is 4.24. The van der Waals surface area contributed by atoms with Crippen molar-refractivity contribution in [2.75, 3.05) is 11.9 Å². The summed E-state index contributed by atoms with van der Waals surface area (Å²) in [4.78, 5) is 10.9. The fourth-order valence-electron chi connectivity index (χ4n) is 0.586. The molecule has 0 saturated carbocycles. The molecule has 2 nitrogen and oxygen atoms in total. The first-order chi connectivity index (χ1) is 5.24. The van der Waals surface area contributed by atoms with Crippen molar-refractivity contribution >= 4 is 21.9 Å². The largest absolute Gasteiger partial charge is 0.463 e. The third-order valence-corrected chi connectivity index (χ3v) is 1.95. The Morgan fingerprint density at radius 1 is 1.55 bits per heavy atom. The predicted octanol–water partition coefficient (Wildman–Crippen LogP) is 2.28. The van der Waals surface area contributed by atoms with E-state index in [1.54, 1.807) is 6.92 Å². The number of carbonyl (C=O) groups is 1. The first-order valence-corrected chi connectivity index (χ1v) is 4.78. The van der Waals surface area contributed by atoms with E-state index >= 15 is 0 Å². The minimum absolute atomic E-state index is 0.246. The summed E-state index contributed by atoms with van der Waals surface area (Å²) in [5.41, 5.74) is 1.06. The van der Waals surface area contributed by atoms with Gasteiger partial charge in [0.05, 0.1) is 6.61 Å². The maximum atomic E-state index is 10.9. The molecule has 0 aromatic carbocycles. The van der Waals surface area contributed by atoms with Crippen LogP contribution in [0.4, 0.5) is 0 Å². The van der Waals surface area contributed by atoms with Crippen LogP contribution in [0.3, 0.4) is 0 Å². The average molecular weight is 221 g/mol. The fourth-order valence-corrected chi connectivity index (χ4v) is 1.14. The summed E-state index contributed by atoms with van der Waals surface area (Å²) in [6.07, 6.45) is 2.42. The van der Waals surface area contributed by atoms with Gasteiger partial charge in [-0.25, -0.2) is 4.79 Å². The zero-order valence-electron chi connectivity index (χ0n) is 6.89. The molecule has 0 heterocycles. The number of hydrogen-bond acceptors (Lipinski definition) is 2. The summed E-state index contributed by atoms with van der Waals surface area (Å²) in [5, 5.41) is 0.738. The van der Waals surface area contributed by atoms with Crippen LogP contribution in [0.2, 0.25) is 0 Å². The van der Waals surface area contributed by atoms with Gasteiger partial charge in [-0.05, 0) is 13.3 Å². The minimum atomic E-state index is -0.246. The van der Waals surface area contributed by atoms with Crippen LogP contribution in [-0.4, -0.2) is 17.9 Å².